The predicted molar refractivity (Wildman–Crippen MR) is 74.8 cm³/mol. The maximum atomic E-state index is 10.5. The van der Waals surface area contributed by atoms with Crippen molar-refractivity contribution in [3.05, 3.63) is 24.0 Å². The third-order valence-corrected chi connectivity index (χ3v) is 3.79. The van der Waals surface area contributed by atoms with Gasteiger partial charge in [-0.15, -0.1) is 0 Å². The van der Waals surface area contributed by atoms with Gasteiger partial charge >= 0.3 is 13.2 Å². The van der Waals surface area contributed by atoms with Gasteiger partial charge in [0.25, 0.3) is 0 Å². The molecule has 0 radical (unpaired) electrons. The van der Waals surface area contributed by atoms with Crippen molar-refractivity contribution in [2.45, 2.75) is 45.4 Å². The van der Waals surface area contributed by atoms with Crippen LogP contribution in [0.5, 0.6) is 0 Å². The summed E-state index contributed by atoms with van der Waals surface area (Å²) >= 11 is 0. The Morgan fingerprint density at radius 1 is 1.30 bits per heavy atom. The molecule has 1 aliphatic heterocycles. The van der Waals surface area contributed by atoms with E-state index in [2.05, 4.69) is 10.3 Å². The molecule has 108 valence electrons. The lowest BCUT2D eigenvalue weighted by Crippen LogP contribution is -2.41. The minimum absolute atomic E-state index is 0.204. The van der Waals surface area contributed by atoms with Gasteiger partial charge in [0.1, 0.15) is 0 Å². The smallest absolute Gasteiger partial charge is 0.465 e. The van der Waals surface area contributed by atoms with E-state index in [4.69, 9.17) is 14.4 Å². The van der Waals surface area contributed by atoms with Gasteiger partial charge in [0, 0.05) is 24.4 Å². The number of carboxylic acid groups (broad SMARTS) is 1. The number of hydrogen-bond acceptors (Lipinski definition) is 4. The van der Waals surface area contributed by atoms with E-state index in [1.165, 1.54) is 0 Å². The number of aromatic nitrogens is 1. The third kappa shape index (κ3) is 2.94. The second kappa shape index (κ2) is 5.07. The first-order chi connectivity index (χ1) is 9.21. The molecule has 2 rings (SSSR count). The fraction of sp³-hybridized carbons (Fsp3) is 0.538. The molecular formula is C13H19BN2O4. The first-order valence-corrected chi connectivity index (χ1v) is 6.47. The molecule has 1 aromatic rings. The molecule has 7 heteroatoms. The van der Waals surface area contributed by atoms with Crippen LogP contribution in [0.25, 0.3) is 0 Å². The number of hydrogen-bond donors (Lipinski definition) is 2. The molecule has 0 aromatic carbocycles. The molecule has 1 amide bonds. The van der Waals surface area contributed by atoms with Gasteiger partial charge in [0.15, 0.2) is 0 Å². The highest BCUT2D eigenvalue weighted by atomic mass is 16.7. The Morgan fingerprint density at radius 3 is 2.45 bits per heavy atom. The van der Waals surface area contributed by atoms with E-state index in [0.717, 1.165) is 11.0 Å². The van der Waals surface area contributed by atoms with Crippen LogP contribution in [0.2, 0.25) is 0 Å². The van der Waals surface area contributed by atoms with Gasteiger partial charge < -0.3 is 19.7 Å². The second-order valence-corrected chi connectivity index (χ2v) is 5.87. The Balaban J connectivity index is 2.14. The summed E-state index contributed by atoms with van der Waals surface area (Å²) in [6.45, 7) is 8.13. The van der Waals surface area contributed by atoms with Crippen molar-refractivity contribution in [1.82, 2.24) is 10.3 Å². The molecule has 20 heavy (non-hydrogen) atoms. The molecule has 2 heterocycles. The summed E-state index contributed by atoms with van der Waals surface area (Å²) in [5.41, 5.74) is 0.730. The van der Waals surface area contributed by atoms with E-state index in [1.807, 2.05) is 33.8 Å². The molecule has 0 unspecified atom stereocenters. The first-order valence-electron chi connectivity index (χ1n) is 6.47. The minimum atomic E-state index is -1.06. The van der Waals surface area contributed by atoms with Crippen LogP contribution in [0.3, 0.4) is 0 Å². The Bertz CT molecular complexity index is 503. The van der Waals surface area contributed by atoms with Crippen molar-refractivity contribution in [2.75, 3.05) is 0 Å². The van der Waals surface area contributed by atoms with Crippen LogP contribution in [0.1, 0.15) is 33.3 Å². The van der Waals surface area contributed by atoms with E-state index in [-0.39, 0.29) is 6.54 Å². The van der Waals surface area contributed by atoms with Crippen LogP contribution >= 0.6 is 0 Å². The molecule has 0 spiro atoms. The lowest BCUT2D eigenvalue weighted by Gasteiger charge is -2.32. The van der Waals surface area contributed by atoms with Gasteiger partial charge in [0.2, 0.25) is 0 Å². The number of pyridine rings is 1. The highest BCUT2D eigenvalue weighted by Crippen LogP contribution is 2.36. The molecule has 0 saturated carbocycles. The molecule has 0 aliphatic carbocycles. The fourth-order valence-corrected chi connectivity index (χ4v) is 1.89. The van der Waals surface area contributed by atoms with Gasteiger partial charge in [-0.05, 0) is 33.3 Å². The highest BCUT2D eigenvalue weighted by molar-refractivity contribution is 6.62. The fourth-order valence-electron chi connectivity index (χ4n) is 1.89. The minimum Gasteiger partial charge on any atom is -0.465 e. The SMILES string of the molecule is CC1(C)OB(c2cncc(CNC(=O)O)c2)OC1(C)C. The molecule has 2 N–H and O–H groups in total. The average molecular weight is 278 g/mol. The van der Waals surface area contributed by atoms with E-state index in [1.54, 1.807) is 12.4 Å². The summed E-state index contributed by atoms with van der Waals surface area (Å²) in [7, 11) is -0.489. The highest BCUT2D eigenvalue weighted by Gasteiger charge is 2.51. The molecule has 0 atom stereocenters. The predicted octanol–water partition coefficient (Wildman–Crippen LogP) is 1.15. The molecule has 6 nitrogen and oxygen atoms in total. The van der Waals surface area contributed by atoms with E-state index < -0.39 is 24.4 Å². The monoisotopic (exact) mass is 278 g/mol. The van der Waals surface area contributed by atoms with Gasteiger partial charge in [-0.3, -0.25) is 4.98 Å². The first kappa shape index (κ1) is 14.8. The largest absolute Gasteiger partial charge is 0.496 e. The van der Waals surface area contributed by atoms with Crippen LogP contribution in [0, 0.1) is 0 Å². The van der Waals surface area contributed by atoms with Gasteiger partial charge in [0.05, 0.1) is 11.2 Å². The standard InChI is InChI=1S/C13H19BN2O4/c1-12(2)13(3,4)20-14(19-12)10-5-9(6-15-8-10)7-16-11(17)18/h5-6,8,16H,7H2,1-4H3,(H,17,18). The van der Waals surface area contributed by atoms with Crippen molar-refractivity contribution < 1.29 is 19.2 Å². The molecule has 0 bridgehead atoms. The number of amides is 1. The maximum Gasteiger partial charge on any atom is 0.496 e. The maximum absolute atomic E-state index is 10.5. The van der Waals surface area contributed by atoms with Crippen LogP contribution in [0.4, 0.5) is 4.79 Å². The van der Waals surface area contributed by atoms with Crippen molar-refractivity contribution in [3.63, 3.8) is 0 Å². The topological polar surface area (TPSA) is 80.7 Å². The number of carbonyl (C=O) groups is 1. The van der Waals surface area contributed by atoms with Crippen molar-refractivity contribution >= 4 is 18.7 Å². The normalized spacial score (nSPS) is 19.9. The zero-order chi connectivity index (χ0) is 15.0. The molecule has 1 saturated heterocycles. The second-order valence-electron chi connectivity index (χ2n) is 5.87. The third-order valence-electron chi connectivity index (χ3n) is 3.79. The Morgan fingerprint density at radius 2 is 1.90 bits per heavy atom. The zero-order valence-corrected chi connectivity index (χ0v) is 12.1. The summed E-state index contributed by atoms with van der Waals surface area (Å²) in [4.78, 5) is 14.6. The summed E-state index contributed by atoms with van der Waals surface area (Å²) in [5, 5.41) is 10.9. The molecule has 1 fully saturated rings. The van der Waals surface area contributed by atoms with Crippen molar-refractivity contribution in [3.8, 4) is 0 Å². The van der Waals surface area contributed by atoms with Crippen molar-refractivity contribution in [1.29, 1.82) is 0 Å². The van der Waals surface area contributed by atoms with Crippen LogP contribution in [-0.4, -0.2) is 34.5 Å². The van der Waals surface area contributed by atoms with Gasteiger partial charge in [-0.1, -0.05) is 6.07 Å². The number of rotatable bonds is 3. The molecule has 1 aromatic heterocycles. The van der Waals surface area contributed by atoms with Gasteiger partial charge in [-0.2, -0.15) is 0 Å². The molecule has 1 aliphatic rings. The van der Waals surface area contributed by atoms with Crippen LogP contribution < -0.4 is 10.8 Å². The Hall–Kier alpha value is -1.60. The average Bonchev–Trinajstić information content (AvgIpc) is 2.56. The van der Waals surface area contributed by atoms with E-state index >= 15 is 0 Å². The number of nitrogens with one attached hydrogen (secondary N) is 1. The summed E-state index contributed by atoms with van der Waals surface area (Å²) < 4.78 is 11.9. The summed E-state index contributed by atoms with van der Waals surface area (Å²) in [5.74, 6) is 0. The van der Waals surface area contributed by atoms with E-state index in [0.29, 0.717) is 0 Å². The lowest BCUT2D eigenvalue weighted by atomic mass is 9.80. The van der Waals surface area contributed by atoms with Crippen LogP contribution in [-0.2, 0) is 15.9 Å². The lowest BCUT2D eigenvalue weighted by molar-refractivity contribution is 0.00578. The van der Waals surface area contributed by atoms with Crippen molar-refractivity contribution in [2.24, 2.45) is 0 Å². The van der Waals surface area contributed by atoms with E-state index in [9.17, 15) is 4.79 Å². The quantitative estimate of drug-likeness (QED) is 0.811. The Kier molecular flexibility index (Phi) is 3.75. The van der Waals surface area contributed by atoms with Crippen LogP contribution in [0.15, 0.2) is 18.5 Å². The Labute approximate surface area is 118 Å². The molecular weight excluding hydrogens is 259 g/mol. The summed E-state index contributed by atoms with van der Waals surface area (Å²) in [6, 6.07) is 1.84. The zero-order valence-electron chi connectivity index (χ0n) is 12.1. The van der Waals surface area contributed by atoms with Gasteiger partial charge in [-0.25, -0.2) is 4.79 Å². The summed E-state index contributed by atoms with van der Waals surface area (Å²) in [6.07, 6.45) is 2.22. The number of nitrogens with zero attached hydrogens (tertiary/aromatic N) is 1.